The highest BCUT2D eigenvalue weighted by atomic mass is 35.5. The van der Waals surface area contributed by atoms with Gasteiger partial charge in [0.05, 0.1) is 18.4 Å². The van der Waals surface area contributed by atoms with E-state index < -0.39 is 10.0 Å². The molecule has 0 radical (unpaired) electrons. The van der Waals surface area contributed by atoms with Crippen LogP contribution >= 0.6 is 24.0 Å². The second-order valence-corrected chi connectivity index (χ2v) is 8.30. The molecule has 1 N–H and O–H groups in total. The van der Waals surface area contributed by atoms with Crippen LogP contribution in [0.1, 0.15) is 18.0 Å². The van der Waals surface area contributed by atoms with Crippen molar-refractivity contribution in [2.24, 2.45) is 5.92 Å². The number of nitrogens with zero attached hydrogens (tertiary/aromatic N) is 1. The predicted octanol–water partition coefficient (Wildman–Crippen LogP) is 2.07. The van der Waals surface area contributed by atoms with Gasteiger partial charge >= 0.3 is 0 Å². The summed E-state index contributed by atoms with van der Waals surface area (Å²) in [6.07, 6.45) is 0.827. The third kappa shape index (κ3) is 4.59. The molecule has 2 heterocycles. The summed E-state index contributed by atoms with van der Waals surface area (Å²) in [4.78, 5) is 0. The van der Waals surface area contributed by atoms with Gasteiger partial charge in [-0.25, -0.2) is 8.42 Å². The molecule has 1 aromatic rings. The van der Waals surface area contributed by atoms with E-state index in [2.05, 4.69) is 5.32 Å². The van der Waals surface area contributed by atoms with Gasteiger partial charge in [-0.2, -0.15) is 4.31 Å². The molecular weight excluding hydrogens is 359 g/mol. The Kier molecular flexibility index (Phi) is 6.71. The Labute approximate surface area is 148 Å². The number of halogens is 2. The molecule has 0 bridgehead atoms. The number of nitrogens with one attached hydrogen (secondary N) is 1. The molecule has 23 heavy (non-hydrogen) atoms. The van der Waals surface area contributed by atoms with Crippen molar-refractivity contribution in [3.63, 3.8) is 0 Å². The third-order valence-electron chi connectivity index (χ3n) is 4.26. The van der Waals surface area contributed by atoms with Crippen molar-refractivity contribution in [2.45, 2.75) is 12.5 Å². The highest BCUT2D eigenvalue weighted by molar-refractivity contribution is 7.89. The van der Waals surface area contributed by atoms with Gasteiger partial charge in [0.15, 0.2) is 0 Å². The number of hydrogen-bond donors (Lipinski definition) is 1. The van der Waals surface area contributed by atoms with E-state index in [4.69, 9.17) is 16.3 Å². The van der Waals surface area contributed by atoms with Crippen molar-refractivity contribution in [3.8, 4) is 0 Å². The SMILES string of the molecule is Cl.O=S(=O)(CC1CCOC1)N1CCNCC1c1cccc(Cl)c1. The van der Waals surface area contributed by atoms with Gasteiger partial charge in [-0.15, -0.1) is 12.4 Å². The number of ether oxygens (including phenoxy) is 1. The second kappa shape index (κ2) is 8.14. The summed E-state index contributed by atoms with van der Waals surface area (Å²) in [6.45, 7) is 3.00. The number of hydrogen-bond acceptors (Lipinski definition) is 4. The van der Waals surface area contributed by atoms with Gasteiger partial charge in [0, 0.05) is 31.3 Å². The van der Waals surface area contributed by atoms with Crippen LogP contribution in [0.5, 0.6) is 0 Å². The Bertz CT molecular complexity index is 621. The van der Waals surface area contributed by atoms with Crippen molar-refractivity contribution >= 4 is 34.0 Å². The van der Waals surface area contributed by atoms with Crippen LogP contribution in [0.3, 0.4) is 0 Å². The van der Waals surface area contributed by atoms with E-state index in [9.17, 15) is 8.42 Å². The largest absolute Gasteiger partial charge is 0.381 e. The van der Waals surface area contributed by atoms with E-state index in [1.54, 1.807) is 10.4 Å². The molecule has 2 fully saturated rings. The van der Waals surface area contributed by atoms with Gasteiger partial charge < -0.3 is 10.1 Å². The summed E-state index contributed by atoms with van der Waals surface area (Å²) >= 11 is 6.06. The molecule has 3 rings (SSSR count). The standard InChI is InChI=1S/C15H21ClN2O3S.ClH/c16-14-3-1-2-13(8-14)15-9-17-5-6-18(15)22(19,20)11-12-4-7-21-10-12;/h1-3,8,12,15,17H,4-7,9-11H2;1H. The first-order valence-corrected chi connectivity index (χ1v) is 9.58. The van der Waals surface area contributed by atoms with E-state index in [-0.39, 0.29) is 30.1 Å². The fraction of sp³-hybridized carbons (Fsp3) is 0.600. The fourth-order valence-electron chi connectivity index (χ4n) is 3.12. The van der Waals surface area contributed by atoms with Crippen LogP contribution in [-0.2, 0) is 14.8 Å². The van der Waals surface area contributed by atoms with Crippen LogP contribution in [-0.4, -0.2) is 51.3 Å². The van der Waals surface area contributed by atoms with Gasteiger partial charge in [-0.1, -0.05) is 23.7 Å². The number of sulfonamides is 1. The minimum Gasteiger partial charge on any atom is -0.381 e. The first-order valence-electron chi connectivity index (χ1n) is 7.60. The molecule has 2 unspecified atom stereocenters. The zero-order valence-electron chi connectivity index (χ0n) is 12.8. The van der Waals surface area contributed by atoms with Crippen LogP contribution < -0.4 is 5.32 Å². The molecule has 130 valence electrons. The Hall–Kier alpha value is -0.370. The summed E-state index contributed by atoms with van der Waals surface area (Å²) in [5.74, 6) is 0.282. The van der Waals surface area contributed by atoms with Crippen molar-refractivity contribution in [3.05, 3.63) is 34.9 Å². The van der Waals surface area contributed by atoms with Gasteiger partial charge in [-0.3, -0.25) is 0 Å². The summed E-state index contributed by atoms with van der Waals surface area (Å²) in [5.41, 5.74) is 0.936. The van der Waals surface area contributed by atoms with Crippen LogP contribution in [0, 0.1) is 5.92 Å². The van der Waals surface area contributed by atoms with Crippen molar-refractivity contribution < 1.29 is 13.2 Å². The first-order chi connectivity index (χ1) is 10.6. The van der Waals surface area contributed by atoms with Crippen molar-refractivity contribution in [1.29, 1.82) is 0 Å². The third-order valence-corrected chi connectivity index (χ3v) is 6.53. The fourth-order valence-corrected chi connectivity index (χ4v) is 5.33. The number of rotatable bonds is 4. The maximum Gasteiger partial charge on any atom is 0.215 e. The Morgan fingerprint density at radius 3 is 2.91 bits per heavy atom. The minimum atomic E-state index is -3.31. The highest BCUT2D eigenvalue weighted by Gasteiger charge is 2.35. The lowest BCUT2D eigenvalue weighted by molar-refractivity contribution is 0.188. The molecule has 2 atom stereocenters. The van der Waals surface area contributed by atoms with E-state index in [1.165, 1.54) is 0 Å². The molecule has 5 nitrogen and oxygen atoms in total. The van der Waals surface area contributed by atoms with Gasteiger partial charge in [0.25, 0.3) is 0 Å². The van der Waals surface area contributed by atoms with E-state index in [0.717, 1.165) is 12.0 Å². The zero-order valence-corrected chi connectivity index (χ0v) is 15.2. The Morgan fingerprint density at radius 1 is 1.39 bits per heavy atom. The topological polar surface area (TPSA) is 58.6 Å². The molecular formula is C15H22Cl2N2O3S. The monoisotopic (exact) mass is 380 g/mol. The lowest BCUT2D eigenvalue weighted by Gasteiger charge is -2.36. The highest BCUT2D eigenvalue weighted by Crippen LogP contribution is 2.28. The zero-order chi connectivity index (χ0) is 15.6. The van der Waals surface area contributed by atoms with E-state index >= 15 is 0 Å². The van der Waals surface area contributed by atoms with Crippen molar-refractivity contribution in [2.75, 3.05) is 38.6 Å². The predicted molar refractivity (Wildman–Crippen MR) is 93.7 cm³/mol. The van der Waals surface area contributed by atoms with Crippen LogP contribution in [0.2, 0.25) is 5.02 Å². The van der Waals surface area contributed by atoms with Gasteiger partial charge in [0.2, 0.25) is 10.0 Å². The molecule has 2 saturated heterocycles. The number of piperazine rings is 1. The summed E-state index contributed by atoms with van der Waals surface area (Å²) in [6, 6.07) is 7.25. The number of benzene rings is 1. The maximum atomic E-state index is 12.8. The lowest BCUT2D eigenvalue weighted by Crippen LogP contribution is -2.49. The second-order valence-electron chi connectivity index (χ2n) is 5.89. The summed E-state index contributed by atoms with van der Waals surface area (Å²) < 4.78 is 32.6. The van der Waals surface area contributed by atoms with Crippen LogP contribution in [0.25, 0.3) is 0 Å². The molecule has 0 spiro atoms. The van der Waals surface area contributed by atoms with Gasteiger partial charge in [0.1, 0.15) is 0 Å². The summed E-state index contributed by atoms with van der Waals surface area (Å²) in [5, 5.41) is 3.90. The quantitative estimate of drug-likeness (QED) is 0.868. The van der Waals surface area contributed by atoms with Crippen LogP contribution in [0.4, 0.5) is 0 Å². The molecule has 0 aromatic heterocycles. The normalized spacial score (nSPS) is 26.0. The average molecular weight is 381 g/mol. The summed E-state index contributed by atoms with van der Waals surface area (Å²) in [7, 11) is -3.31. The van der Waals surface area contributed by atoms with Gasteiger partial charge in [-0.05, 0) is 30.0 Å². The molecule has 8 heteroatoms. The van der Waals surface area contributed by atoms with E-state index in [1.807, 2.05) is 18.2 Å². The smallest absolute Gasteiger partial charge is 0.215 e. The first kappa shape index (κ1) is 19.0. The van der Waals surface area contributed by atoms with E-state index in [0.29, 0.717) is 37.9 Å². The molecule has 2 aliphatic rings. The molecule has 2 aliphatic heterocycles. The Morgan fingerprint density at radius 2 is 2.22 bits per heavy atom. The lowest BCUT2D eigenvalue weighted by atomic mass is 10.1. The maximum absolute atomic E-state index is 12.8. The molecule has 1 aromatic carbocycles. The molecule has 0 amide bonds. The average Bonchev–Trinajstić information content (AvgIpc) is 2.99. The molecule has 0 aliphatic carbocycles. The minimum absolute atomic E-state index is 0. The van der Waals surface area contributed by atoms with Crippen LogP contribution in [0.15, 0.2) is 24.3 Å². The molecule has 0 saturated carbocycles. The van der Waals surface area contributed by atoms with Crippen molar-refractivity contribution in [1.82, 2.24) is 9.62 Å². The Balaban J connectivity index is 0.00000192.